The Balaban J connectivity index is 2.10. The smallest absolute Gasteiger partial charge is 0.255 e. The number of nitrogens with one attached hydrogen (secondary N) is 1. The summed E-state index contributed by atoms with van der Waals surface area (Å²) in [5, 5.41) is 2.79. The number of benzene rings is 1. The number of methoxy groups -OCH3 is 1. The van der Waals surface area contributed by atoms with Crippen molar-refractivity contribution in [2.75, 3.05) is 12.8 Å². The number of carbonyl (C=O) groups excluding carboxylic acids is 1. The molecule has 1 amide bonds. The highest BCUT2D eigenvalue weighted by molar-refractivity contribution is 5.97. The monoisotopic (exact) mass is 260 g/mol. The summed E-state index contributed by atoms with van der Waals surface area (Å²) in [5.41, 5.74) is 6.65. The second-order valence-electron chi connectivity index (χ2n) is 4.10. The Bertz CT molecular complexity index is 592. The predicted octanol–water partition coefficient (Wildman–Crippen LogP) is 0.941. The zero-order chi connectivity index (χ0) is 13.8. The van der Waals surface area contributed by atoms with Crippen LogP contribution in [0.1, 0.15) is 16.2 Å². The van der Waals surface area contributed by atoms with E-state index in [4.69, 9.17) is 10.5 Å². The fourth-order valence-electron chi connectivity index (χ4n) is 1.72. The van der Waals surface area contributed by atoms with Crippen LogP contribution in [0.4, 0.5) is 5.69 Å². The van der Waals surface area contributed by atoms with E-state index in [9.17, 15) is 4.79 Å². The van der Waals surface area contributed by atoms with Gasteiger partial charge in [0.05, 0.1) is 19.2 Å². The highest BCUT2D eigenvalue weighted by atomic mass is 16.5. The lowest BCUT2D eigenvalue weighted by Gasteiger charge is -2.10. The Morgan fingerprint density at radius 3 is 2.95 bits per heavy atom. The third-order valence-electron chi connectivity index (χ3n) is 2.80. The van der Waals surface area contributed by atoms with Crippen molar-refractivity contribution in [3.63, 3.8) is 0 Å². The molecule has 1 aromatic heterocycles. The molecule has 1 heterocycles. The van der Waals surface area contributed by atoms with Crippen molar-refractivity contribution in [2.45, 2.75) is 6.54 Å². The Labute approximate surface area is 111 Å². The van der Waals surface area contributed by atoms with E-state index in [1.54, 1.807) is 24.4 Å². The molecule has 2 rings (SSSR count). The van der Waals surface area contributed by atoms with Gasteiger partial charge in [-0.2, -0.15) is 0 Å². The minimum absolute atomic E-state index is 0.222. The maximum absolute atomic E-state index is 12.1. The lowest BCUT2D eigenvalue weighted by molar-refractivity contribution is 0.0946. The van der Waals surface area contributed by atoms with Crippen molar-refractivity contribution in [1.82, 2.24) is 14.9 Å². The van der Waals surface area contributed by atoms with Crippen LogP contribution in [-0.2, 0) is 13.6 Å². The minimum atomic E-state index is -0.222. The van der Waals surface area contributed by atoms with Crippen molar-refractivity contribution in [3.05, 3.63) is 42.0 Å². The third kappa shape index (κ3) is 2.85. The molecule has 6 nitrogen and oxygen atoms in total. The number of anilines is 1. The van der Waals surface area contributed by atoms with Gasteiger partial charge in [0.2, 0.25) is 0 Å². The van der Waals surface area contributed by atoms with Gasteiger partial charge in [-0.15, -0.1) is 0 Å². The van der Waals surface area contributed by atoms with E-state index in [1.165, 1.54) is 7.11 Å². The first-order valence-electron chi connectivity index (χ1n) is 5.79. The van der Waals surface area contributed by atoms with E-state index in [-0.39, 0.29) is 5.91 Å². The van der Waals surface area contributed by atoms with Crippen LogP contribution in [0, 0.1) is 0 Å². The number of amides is 1. The molecule has 0 atom stereocenters. The van der Waals surface area contributed by atoms with Gasteiger partial charge in [-0.3, -0.25) is 4.79 Å². The lowest BCUT2D eigenvalue weighted by atomic mass is 10.1. The SMILES string of the molecule is COc1cc(N)ccc1C(=O)NCc1nccn1C. The molecule has 2 aromatic rings. The highest BCUT2D eigenvalue weighted by Gasteiger charge is 2.12. The molecule has 0 spiro atoms. The average Bonchev–Trinajstić information content (AvgIpc) is 2.81. The molecule has 0 fully saturated rings. The van der Waals surface area contributed by atoms with E-state index in [1.807, 2.05) is 17.8 Å². The first-order chi connectivity index (χ1) is 9.11. The number of nitrogens with two attached hydrogens (primary N) is 1. The van der Waals surface area contributed by atoms with Crippen LogP contribution < -0.4 is 15.8 Å². The van der Waals surface area contributed by atoms with Gasteiger partial charge in [-0.25, -0.2) is 4.98 Å². The Morgan fingerprint density at radius 1 is 1.53 bits per heavy atom. The lowest BCUT2D eigenvalue weighted by Crippen LogP contribution is -2.24. The van der Waals surface area contributed by atoms with E-state index in [0.29, 0.717) is 23.5 Å². The van der Waals surface area contributed by atoms with Gasteiger partial charge in [0.15, 0.2) is 0 Å². The molecule has 0 unspecified atom stereocenters. The number of aryl methyl sites for hydroxylation is 1. The molecule has 0 aliphatic carbocycles. The summed E-state index contributed by atoms with van der Waals surface area (Å²) in [6.07, 6.45) is 3.51. The average molecular weight is 260 g/mol. The van der Waals surface area contributed by atoms with Crippen molar-refractivity contribution < 1.29 is 9.53 Å². The first-order valence-corrected chi connectivity index (χ1v) is 5.79. The van der Waals surface area contributed by atoms with Gasteiger partial charge in [0, 0.05) is 31.2 Å². The second kappa shape index (κ2) is 5.43. The van der Waals surface area contributed by atoms with Gasteiger partial charge in [-0.1, -0.05) is 0 Å². The fraction of sp³-hybridized carbons (Fsp3) is 0.231. The van der Waals surface area contributed by atoms with Crippen molar-refractivity contribution >= 4 is 11.6 Å². The normalized spacial score (nSPS) is 10.2. The zero-order valence-electron chi connectivity index (χ0n) is 10.9. The van der Waals surface area contributed by atoms with Crippen molar-refractivity contribution in [2.24, 2.45) is 7.05 Å². The van der Waals surface area contributed by atoms with Gasteiger partial charge < -0.3 is 20.4 Å². The molecular weight excluding hydrogens is 244 g/mol. The molecule has 0 aliphatic heterocycles. The van der Waals surface area contributed by atoms with Crippen LogP contribution in [0.2, 0.25) is 0 Å². The summed E-state index contributed by atoms with van der Waals surface area (Å²) < 4.78 is 6.99. The Morgan fingerprint density at radius 2 is 2.32 bits per heavy atom. The Kier molecular flexibility index (Phi) is 3.70. The molecule has 0 radical (unpaired) electrons. The van der Waals surface area contributed by atoms with E-state index < -0.39 is 0 Å². The fourth-order valence-corrected chi connectivity index (χ4v) is 1.72. The molecule has 0 bridgehead atoms. The van der Waals surface area contributed by atoms with Crippen LogP contribution in [0.25, 0.3) is 0 Å². The number of ether oxygens (including phenoxy) is 1. The molecule has 0 saturated carbocycles. The Hall–Kier alpha value is -2.50. The van der Waals surface area contributed by atoms with Crippen LogP contribution in [0.15, 0.2) is 30.6 Å². The van der Waals surface area contributed by atoms with Crippen LogP contribution in [0.3, 0.4) is 0 Å². The van der Waals surface area contributed by atoms with Gasteiger partial charge >= 0.3 is 0 Å². The number of rotatable bonds is 4. The number of carbonyl (C=O) groups is 1. The molecule has 0 aliphatic rings. The summed E-state index contributed by atoms with van der Waals surface area (Å²) in [6, 6.07) is 4.93. The van der Waals surface area contributed by atoms with Crippen LogP contribution >= 0.6 is 0 Å². The number of nitrogen functional groups attached to an aromatic ring is 1. The van der Waals surface area contributed by atoms with Gasteiger partial charge in [-0.05, 0) is 12.1 Å². The molecule has 100 valence electrons. The van der Waals surface area contributed by atoms with Crippen molar-refractivity contribution in [3.8, 4) is 5.75 Å². The van der Waals surface area contributed by atoms with E-state index in [0.717, 1.165) is 5.82 Å². The first kappa shape index (κ1) is 12.9. The molecule has 0 saturated heterocycles. The predicted molar refractivity (Wildman–Crippen MR) is 71.8 cm³/mol. The standard InChI is InChI=1S/C13H16N4O2/c1-17-6-5-15-12(17)8-16-13(18)10-4-3-9(14)7-11(10)19-2/h3-7H,8,14H2,1-2H3,(H,16,18). The summed E-state index contributed by atoms with van der Waals surface area (Å²) in [5.74, 6) is 1.01. The molecule has 19 heavy (non-hydrogen) atoms. The van der Waals surface area contributed by atoms with E-state index >= 15 is 0 Å². The molecular formula is C13H16N4O2. The number of imidazole rings is 1. The van der Waals surface area contributed by atoms with Crippen LogP contribution in [-0.4, -0.2) is 22.6 Å². The summed E-state index contributed by atoms with van der Waals surface area (Å²) in [4.78, 5) is 16.2. The topological polar surface area (TPSA) is 82.2 Å². The summed E-state index contributed by atoms with van der Waals surface area (Å²) >= 11 is 0. The van der Waals surface area contributed by atoms with Gasteiger partial charge in [0.1, 0.15) is 11.6 Å². The maximum Gasteiger partial charge on any atom is 0.255 e. The maximum atomic E-state index is 12.1. The van der Waals surface area contributed by atoms with E-state index in [2.05, 4.69) is 10.3 Å². The number of aromatic nitrogens is 2. The third-order valence-corrected chi connectivity index (χ3v) is 2.80. The molecule has 6 heteroatoms. The summed E-state index contributed by atoms with van der Waals surface area (Å²) in [6.45, 7) is 0.357. The zero-order valence-corrected chi connectivity index (χ0v) is 10.9. The largest absolute Gasteiger partial charge is 0.496 e. The minimum Gasteiger partial charge on any atom is -0.496 e. The highest BCUT2D eigenvalue weighted by Crippen LogP contribution is 2.21. The number of hydrogen-bond acceptors (Lipinski definition) is 4. The quantitative estimate of drug-likeness (QED) is 0.801. The summed E-state index contributed by atoms with van der Waals surface area (Å²) in [7, 11) is 3.38. The second-order valence-corrected chi connectivity index (χ2v) is 4.10. The van der Waals surface area contributed by atoms with Gasteiger partial charge in [0.25, 0.3) is 5.91 Å². The molecule has 3 N–H and O–H groups in total. The molecule has 1 aromatic carbocycles. The number of nitrogens with zero attached hydrogens (tertiary/aromatic N) is 2. The van der Waals surface area contributed by atoms with Crippen molar-refractivity contribution in [1.29, 1.82) is 0 Å². The number of hydrogen-bond donors (Lipinski definition) is 2. The van der Waals surface area contributed by atoms with Crippen LogP contribution in [0.5, 0.6) is 5.75 Å².